The SMILES string of the molecule is CC(C)Oc1cccc(C(N)CCc2ccsc2)c1. The lowest BCUT2D eigenvalue weighted by molar-refractivity contribution is 0.242. The van der Waals surface area contributed by atoms with Gasteiger partial charge in [0.25, 0.3) is 0 Å². The molecule has 102 valence electrons. The number of rotatable bonds is 6. The minimum Gasteiger partial charge on any atom is -0.491 e. The Labute approximate surface area is 119 Å². The highest BCUT2D eigenvalue weighted by atomic mass is 32.1. The Hall–Kier alpha value is -1.32. The second kappa shape index (κ2) is 6.73. The molecular formula is C16H21NOS. The quantitative estimate of drug-likeness (QED) is 0.859. The molecule has 1 aromatic heterocycles. The Bertz CT molecular complexity index is 493. The summed E-state index contributed by atoms with van der Waals surface area (Å²) in [7, 11) is 0. The zero-order valence-corrected chi connectivity index (χ0v) is 12.3. The van der Waals surface area contributed by atoms with Crippen molar-refractivity contribution in [2.24, 2.45) is 5.73 Å². The molecular weight excluding hydrogens is 254 g/mol. The molecule has 2 nitrogen and oxygen atoms in total. The van der Waals surface area contributed by atoms with Gasteiger partial charge in [-0.1, -0.05) is 12.1 Å². The van der Waals surface area contributed by atoms with Crippen LogP contribution in [-0.4, -0.2) is 6.10 Å². The van der Waals surface area contributed by atoms with Crippen molar-refractivity contribution in [3.05, 3.63) is 52.2 Å². The van der Waals surface area contributed by atoms with Crippen LogP contribution in [0.1, 0.15) is 37.4 Å². The van der Waals surface area contributed by atoms with E-state index in [0.29, 0.717) is 0 Å². The third-order valence-corrected chi connectivity index (χ3v) is 3.71. The van der Waals surface area contributed by atoms with Gasteiger partial charge in [-0.05, 0) is 66.8 Å². The summed E-state index contributed by atoms with van der Waals surface area (Å²) in [5.41, 5.74) is 8.78. The molecule has 1 heterocycles. The zero-order chi connectivity index (χ0) is 13.7. The minimum atomic E-state index is 0.0654. The molecule has 0 saturated heterocycles. The zero-order valence-electron chi connectivity index (χ0n) is 11.5. The molecule has 0 aliphatic rings. The van der Waals surface area contributed by atoms with E-state index in [4.69, 9.17) is 10.5 Å². The number of hydrogen-bond donors (Lipinski definition) is 1. The number of benzene rings is 1. The van der Waals surface area contributed by atoms with Crippen molar-refractivity contribution in [2.45, 2.75) is 38.8 Å². The van der Waals surface area contributed by atoms with Crippen molar-refractivity contribution < 1.29 is 4.74 Å². The van der Waals surface area contributed by atoms with E-state index in [1.165, 1.54) is 5.56 Å². The van der Waals surface area contributed by atoms with Crippen LogP contribution in [0, 0.1) is 0 Å². The number of aryl methyl sites for hydroxylation is 1. The van der Waals surface area contributed by atoms with Crippen molar-refractivity contribution in [3.8, 4) is 5.75 Å². The lowest BCUT2D eigenvalue weighted by Gasteiger charge is -2.15. The largest absolute Gasteiger partial charge is 0.491 e. The van der Waals surface area contributed by atoms with Gasteiger partial charge in [-0.2, -0.15) is 11.3 Å². The summed E-state index contributed by atoms with van der Waals surface area (Å²) in [6.45, 7) is 4.06. The molecule has 0 aliphatic heterocycles. The van der Waals surface area contributed by atoms with Crippen molar-refractivity contribution >= 4 is 11.3 Å². The van der Waals surface area contributed by atoms with Gasteiger partial charge in [0.15, 0.2) is 0 Å². The summed E-state index contributed by atoms with van der Waals surface area (Å²) < 4.78 is 5.70. The molecule has 1 unspecified atom stereocenters. The van der Waals surface area contributed by atoms with Gasteiger partial charge in [0, 0.05) is 6.04 Å². The summed E-state index contributed by atoms with van der Waals surface area (Å²) in [5.74, 6) is 0.901. The molecule has 2 N–H and O–H groups in total. The fraction of sp³-hybridized carbons (Fsp3) is 0.375. The van der Waals surface area contributed by atoms with Crippen LogP contribution in [0.2, 0.25) is 0 Å². The van der Waals surface area contributed by atoms with Crippen LogP contribution in [0.4, 0.5) is 0 Å². The van der Waals surface area contributed by atoms with Crippen molar-refractivity contribution in [1.29, 1.82) is 0 Å². The van der Waals surface area contributed by atoms with Crippen LogP contribution in [-0.2, 0) is 6.42 Å². The molecule has 1 atom stereocenters. The molecule has 2 rings (SSSR count). The van der Waals surface area contributed by atoms with E-state index >= 15 is 0 Å². The molecule has 3 heteroatoms. The topological polar surface area (TPSA) is 35.2 Å². The normalized spacial score (nSPS) is 12.6. The minimum absolute atomic E-state index is 0.0654. The summed E-state index contributed by atoms with van der Waals surface area (Å²) in [6, 6.07) is 10.3. The molecule has 19 heavy (non-hydrogen) atoms. The van der Waals surface area contributed by atoms with Crippen molar-refractivity contribution in [1.82, 2.24) is 0 Å². The van der Waals surface area contributed by atoms with E-state index in [2.05, 4.69) is 29.0 Å². The Balaban J connectivity index is 1.96. The average Bonchev–Trinajstić information content (AvgIpc) is 2.88. The first-order chi connectivity index (χ1) is 9.15. The second-order valence-corrected chi connectivity index (χ2v) is 5.80. The Morgan fingerprint density at radius 1 is 1.26 bits per heavy atom. The number of thiophene rings is 1. The van der Waals surface area contributed by atoms with Gasteiger partial charge in [0.05, 0.1) is 6.10 Å². The van der Waals surface area contributed by atoms with Gasteiger partial charge < -0.3 is 10.5 Å². The predicted molar refractivity (Wildman–Crippen MR) is 81.8 cm³/mol. The van der Waals surface area contributed by atoms with Crippen LogP contribution < -0.4 is 10.5 Å². The fourth-order valence-electron chi connectivity index (χ4n) is 2.01. The molecule has 0 aliphatic carbocycles. The Kier molecular flexibility index (Phi) is 5.00. The molecule has 0 bridgehead atoms. The van der Waals surface area contributed by atoms with Crippen LogP contribution >= 0.6 is 11.3 Å². The van der Waals surface area contributed by atoms with E-state index in [-0.39, 0.29) is 12.1 Å². The Morgan fingerprint density at radius 3 is 2.79 bits per heavy atom. The second-order valence-electron chi connectivity index (χ2n) is 5.02. The van der Waals surface area contributed by atoms with E-state index in [1.54, 1.807) is 11.3 Å². The third-order valence-electron chi connectivity index (χ3n) is 2.98. The maximum atomic E-state index is 6.26. The van der Waals surface area contributed by atoms with E-state index in [9.17, 15) is 0 Å². The van der Waals surface area contributed by atoms with E-state index in [1.807, 2.05) is 26.0 Å². The smallest absolute Gasteiger partial charge is 0.120 e. The number of ether oxygens (including phenoxy) is 1. The summed E-state index contributed by atoms with van der Waals surface area (Å²) in [6.07, 6.45) is 2.18. The maximum absolute atomic E-state index is 6.26. The molecule has 0 saturated carbocycles. The third kappa shape index (κ3) is 4.37. The summed E-state index contributed by atoms with van der Waals surface area (Å²) in [4.78, 5) is 0. The Morgan fingerprint density at radius 2 is 2.11 bits per heavy atom. The highest BCUT2D eigenvalue weighted by Crippen LogP contribution is 2.22. The van der Waals surface area contributed by atoms with Crippen molar-refractivity contribution in [3.63, 3.8) is 0 Å². The first kappa shape index (κ1) is 14.1. The van der Waals surface area contributed by atoms with Gasteiger partial charge in [-0.15, -0.1) is 0 Å². The van der Waals surface area contributed by atoms with Gasteiger partial charge in [-0.25, -0.2) is 0 Å². The number of nitrogens with two attached hydrogens (primary N) is 1. The molecule has 0 radical (unpaired) electrons. The lowest BCUT2D eigenvalue weighted by Crippen LogP contribution is -2.12. The first-order valence-electron chi connectivity index (χ1n) is 6.68. The van der Waals surface area contributed by atoms with Gasteiger partial charge in [-0.3, -0.25) is 0 Å². The molecule has 0 amide bonds. The highest BCUT2D eigenvalue weighted by molar-refractivity contribution is 7.07. The van der Waals surface area contributed by atoms with Crippen LogP contribution in [0.5, 0.6) is 5.75 Å². The van der Waals surface area contributed by atoms with Gasteiger partial charge >= 0.3 is 0 Å². The van der Waals surface area contributed by atoms with Gasteiger partial charge in [0.1, 0.15) is 5.75 Å². The lowest BCUT2D eigenvalue weighted by atomic mass is 10.0. The fourth-order valence-corrected chi connectivity index (χ4v) is 2.72. The molecule has 0 fully saturated rings. The van der Waals surface area contributed by atoms with Gasteiger partial charge in [0.2, 0.25) is 0 Å². The maximum Gasteiger partial charge on any atom is 0.120 e. The molecule has 1 aromatic carbocycles. The van der Waals surface area contributed by atoms with Crippen LogP contribution in [0.15, 0.2) is 41.1 Å². The average molecular weight is 275 g/mol. The standard InChI is InChI=1S/C16H21NOS/c1-12(2)18-15-5-3-4-14(10-15)16(17)7-6-13-8-9-19-11-13/h3-5,8-12,16H,6-7,17H2,1-2H3. The number of hydrogen-bond acceptors (Lipinski definition) is 3. The predicted octanol–water partition coefficient (Wildman–Crippen LogP) is 4.17. The highest BCUT2D eigenvalue weighted by Gasteiger charge is 2.08. The monoisotopic (exact) mass is 275 g/mol. The van der Waals surface area contributed by atoms with E-state index < -0.39 is 0 Å². The molecule has 0 spiro atoms. The first-order valence-corrected chi connectivity index (χ1v) is 7.62. The summed E-state index contributed by atoms with van der Waals surface area (Å²) >= 11 is 1.74. The van der Waals surface area contributed by atoms with Crippen LogP contribution in [0.25, 0.3) is 0 Å². The van der Waals surface area contributed by atoms with Crippen LogP contribution in [0.3, 0.4) is 0 Å². The summed E-state index contributed by atoms with van der Waals surface area (Å²) in [5, 5.41) is 4.29. The molecule has 2 aromatic rings. The van der Waals surface area contributed by atoms with Crippen molar-refractivity contribution in [2.75, 3.05) is 0 Å². The van der Waals surface area contributed by atoms with E-state index in [0.717, 1.165) is 24.2 Å².